The van der Waals surface area contributed by atoms with Crippen molar-refractivity contribution in [2.75, 3.05) is 24.8 Å². The fourth-order valence-corrected chi connectivity index (χ4v) is 2.36. The average molecular weight is 332 g/mol. The van der Waals surface area contributed by atoms with Crippen LogP contribution in [0.2, 0.25) is 0 Å². The minimum Gasteiger partial charge on any atom is -0.371 e. The Labute approximate surface area is 129 Å². The lowest BCUT2D eigenvalue weighted by Gasteiger charge is -2.07. The van der Waals surface area contributed by atoms with Crippen molar-refractivity contribution in [3.63, 3.8) is 0 Å². The van der Waals surface area contributed by atoms with E-state index in [2.05, 4.69) is 14.9 Å². The molecule has 9 heteroatoms. The number of rotatable bonds is 6. The first-order chi connectivity index (χ1) is 10.4. The molecular formula is C13H15F3N4OS. The first kappa shape index (κ1) is 16.6. The second kappa shape index (κ2) is 7.01. The second-order valence-corrected chi connectivity index (χ2v) is 5.62. The molecule has 0 aliphatic heterocycles. The van der Waals surface area contributed by atoms with E-state index in [9.17, 15) is 13.2 Å². The van der Waals surface area contributed by atoms with Crippen molar-refractivity contribution in [1.29, 1.82) is 0 Å². The molecule has 0 fully saturated rings. The van der Waals surface area contributed by atoms with Gasteiger partial charge in [-0.1, -0.05) is 41.6 Å². The van der Waals surface area contributed by atoms with E-state index in [1.165, 1.54) is 16.4 Å². The zero-order valence-corrected chi connectivity index (χ0v) is 12.6. The number of hydrogen-bond donors (Lipinski definition) is 1. The van der Waals surface area contributed by atoms with Crippen molar-refractivity contribution >= 4 is 11.8 Å². The number of nitrogen functional groups attached to an aromatic ring is 1. The van der Waals surface area contributed by atoms with Gasteiger partial charge in [0.1, 0.15) is 6.61 Å². The maximum atomic E-state index is 11.9. The van der Waals surface area contributed by atoms with E-state index >= 15 is 0 Å². The molecule has 0 spiro atoms. The quantitative estimate of drug-likeness (QED) is 0.500. The van der Waals surface area contributed by atoms with Gasteiger partial charge in [0, 0.05) is 11.3 Å². The molecular weight excluding hydrogens is 317 g/mol. The number of benzene rings is 1. The molecule has 0 aliphatic carbocycles. The number of aromatic nitrogens is 3. The Balaban J connectivity index is 1.90. The van der Waals surface area contributed by atoms with E-state index in [4.69, 9.17) is 5.84 Å². The molecule has 0 saturated heterocycles. The van der Waals surface area contributed by atoms with Gasteiger partial charge in [-0.15, -0.1) is 10.2 Å². The third kappa shape index (κ3) is 4.63. The molecule has 0 aliphatic rings. The number of nitrogens with zero attached hydrogens (tertiary/aromatic N) is 3. The van der Waals surface area contributed by atoms with Crippen LogP contribution in [0.4, 0.5) is 13.2 Å². The maximum absolute atomic E-state index is 11.9. The number of halogens is 3. The summed E-state index contributed by atoms with van der Waals surface area (Å²) in [6, 6.07) is 7.62. The van der Waals surface area contributed by atoms with Gasteiger partial charge in [-0.3, -0.25) is 0 Å². The summed E-state index contributed by atoms with van der Waals surface area (Å²) in [6.07, 6.45) is -4.31. The summed E-state index contributed by atoms with van der Waals surface area (Å²) in [4.78, 5) is 0. The van der Waals surface area contributed by atoms with E-state index in [1.54, 1.807) is 0 Å². The van der Waals surface area contributed by atoms with Crippen LogP contribution in [0, 0.1) is 6.92 Å². The van der Waals surface area contributed by atoms with Crippen molar-refractivity contribution in [3.05, 3.63) is 29.8 Å². The van der Waals surface area contributed by atoms with Gasteiger partial charge in [0.2, 0.25) is 5.16 Å². The number of ether oxygens (including phenoxy) is 1. The van der Waals surface area contributed by atoms with Gasteiger partial charge in [0.25, 0.3) is 0 Å². The molecule has 0 amide bonds. The average Bonchev–Trinajstić information content (AvgIpc) is 2.80. The largest absolute Gasteiger partial charge is 0.411 e. The smallest absolute Gasteiger partial charge is 0.371 e. The van der Waals surface area contributed by atoms with Crippen LogP contribution < -0.4 is 5.84 Å². The van der Waals surface area contributed by atoms with Gasteiger partial charge in [0.15, 0.2) is 5.82 Å². The van der Waals surface area contributed by atoms with Gasteiger partial charge in [-0.25, -0.2) is 4.68 Å². The summed E-state index contributed by atoms with van der Waals surface area (Å²) in [6.45, 7) is 0.674. The Bertz CT molecular complexity index is 613. The topological polar surface area (TPSA) is 66.0 Å². The standard InChI is InChI=1S/C13H15F3N4OS/c1-9-2-4-10(5-3-9)11-18-19-12(20(11)17)22-7-6-21-8-13(14,15)16/h2-5H,6-8,17H2,1H3. The highest BCUT2D eigenvalue weighted by Crippen LogP contribution is 2.22. The Morgan fingerprint density at radius 3 is 2.55 bits per heavy atom. The van der Waals surface area contributed by atoms with E-state index in [-0.39, 0.29) is 6.61 Å². The van der Waals surface area contributed by atoms with Crippen molar-refractivity contribution in [3.8, 4) is 11.4 Å². The van der Waals surface area contributed by atoms with Crippen molar-refractivity contribution < 1.29 is 17.9 Å². The molecule has 120 valence electrons. The minimum absolute atomic E-state index is 0.0447. The number of aryl methyl sites for hydroxylation is 1. The molecule has 5 nitrogen and oxygen atoms in total. The highest BCUT2D eigenvalue weighted by Gasteiger charge is 2.27. The van der Waals surface area contributed by atoms with E-state index in [0.29, 0.717) is 16.7 Å². The van der Waals surface area contributed by atoms with Gasteiger partial charge in [0.05, 0.1) is 6.61 Å². The molecule has 2 rings (SSSR count). The van der Waals surface area contributed by atoms with Gasteiger partial charge in [-0.05, 0) is 6.92 Å². The fourth-order valence-electron chi connectivity index (χ4n) is 1.65. The summed E-state index contributed by atoms with van der Waals surface area (Å²) < 4.78 is 41.6. The highest BCUT2D eigenvalue weighted by atomic mass is 32.2. The molecule has 0 unspecified atom stereocenters. The highest BCUT2D eigenvalue weighted by molar-refractivity contribution is 7.99. The van der Waals surface area contributed by atoms with Crippen LogP contribution in [0.25, 0.3) is 11.4 Å². The lowest BCUT2D eigenvalue weighted by atomic mass is 10.1. The van der Waals surface area contributed by atoms with Crippen LogP contribution in [0.3, 0.4) is 0 Å². The zero-order chi connectivity index (χ0) is 16.2. The van der Waals surface area contributed by atoms with Crippen LogP contribution in [0.1, 0.15) is 5.56 Å². The van der Waals surface area contributed by atoms with Crippen molar-refractivity contribution in [2.45, 2.75) is 18.3 Å². The van der Waals surface area contributed by atoms with Crippen LogP contribution >= 0.6 is 11.8 Å². The summed E-state index contributed by atoms with van der Waals surface area (Å²) in [5, 5.41) is 8.36. The summed E-state index contributed by atoms with van der Waals surface area (Å²) in [5.41, 5.74) is 1.93. The monoisotopic (exact) mass is 332 g/mol. The Morgan fingerprint density at radius 1 is 1.23 bits per heavy atom. The third-order valence-electron chi connectivity index (χ3n) is 2.70. The van der Waals surface area contributed by atoms with E-state index < -0.39 is 12.8 Å². The molecule has 0 saturated carbocycles. The van der Waals surface area contributed by atoms with Gasteiger partial charge in [-0.2, -0.15) is 13.2 Å². The Hall–Kier alpha value is -1.74. The normalized spacial score (nSPS) is 11.8. The lowest BCUT2D eigenvalue weighted by molar-refractivity contribution is -0.172. The van der Waals surface area contributed by atoms with Crippen LogP contribution in [0.15, 0.2) is 29.4 Å². The molecule has 1 aromatic heterocycles. The molecule has 2 N–H and O–H groups in total. The Morgan fingerprint density at radius 2 is 1.91 bits per heavy atom. The van der Waals surface area contributed by atoms with Crippen LogP contribution in [-0.2, 0) is 4.74 Å². The summed E-state index contributed by atoms with van der Waals surface area (Å²) in [7, 11) is 0. The molecule has 1 aromatic carbocycles. The third-order valence-corrected chi connectivity index (χ3v) is 3.61. The molecule has 0 atom stereocenters. The number of nitrogens with two attached hydrogens (primary N) is 1. The molecule has 22 heavy (non-hydrogen) atoms. The minimum atomic E-state index is -4.31. The molecule has 0 bridgehead atoms. The van der Waals surface area contributed by atoms with Crippen molar-refractivity contribution in [2.24, 2.45) is 0 Å². The molecule has 1 heterocycles. The first-order valence-corrected chi connectivity index (χ1v) is 7.40. The first-order valence-electron chi connectivity index (χ1n) is 6.41. The molecule has 2 aromatic rings. The van der Waals surface area contributed by atoms with Gasteiger partial charge >= 0.3 is 6.18 Å². The van der Waals surface area contributed by atoms with Crippen molar-refractivity contribution in [1.82, 2.24) is 14.9 Å². The number of alkyl halides is 3. The van der Waals surface area contributed by atoms with E-state index in [0.717, 1.165) is 11.1 Å². The van der Waals surface area contributed by atoms with Crippen LogP contribution in [0.5, 0.6) is 0 Å². The van der Waals surface area contributed by atoms with Gasteiger partial charge < -0.3 is 10.6 Å². The summed E-state index contributed by atoms with van der Waals surface area (Å²) in [5.74, 6) is 6.71. The predicted octanol–water partition coefficient (Wildman–Crippen LogP) is 2.64. The fraction of sp³-hybridized carbons (Fsp3) is 0.385. The number of thioether (sulfide) groups is 1. The SMILES string of the molecule is Cc1ccc(-c2nnc(SCCOCC(F)(F)F)n2N)cc1. The molecule has 0 radical (unpaired) electrons. The predicted molar refractivity (Wildman–Crippen MR) is 77.9 cm³/mol. The van der Waals surface area contributed by atoms with Crippen LogP contribution in [-0.4, -0.2) is 40.0 Å². The number of hydrogen-bond acceptors (Lipinski definition) is 5. The lowest BCUT2D eigenvalue weighted by Crippen LogP contribution is -2.18. The van der Waals surface area contributed by atoms with E-state index in [1.807, 2.05) is 31.2 Å². The summed E-state index contributed by atoms with van der Waals surface area (Å²) >= 11 is 1.19. The maximum Gasteiger partial charge on any atom is 0.411 e. The Kier molecular flexibility index (Phi) is 5.30. The zero-order valence-electron chi connectivity index (χ0n) is 11.8. The second-order valence-electron chi connectivity index (χ2n) is 4.56.